The number of fused-ring (bicyclic) bond motifs is 2. The average Bonchev–Trinajstić information content (AvgIpc) is 3.70. The maximum Gasteiger partial charge on any atom is 0.294 e. The molecule has 0 unspecified atom stereocenters. The molecule has 0 saturated heterocycles. The Kier molecular flexibility index (Phi) is 19.9. The third-order valence-corrected chi connectivity index (χ3v) is 12.7. The predicted molar refractivity (Wildman–Crippen MR) is 250 cm³/mol. The first-order valence-electron chi connectivity index (χ1n) is 22.3. The number of hydrogen-bond donors (Lipinski definition) is 2. The van der Waals surface area contributed by atoms with Crippen LogP contribution in [0.25, 0.3) is 20.8 Å². The molecular formula is C46H61ClN6O8S2. The summed E-state index contributed by atoms with van der Waals surface area (Å²) in [5, 5.41) is 3.74. The van der Waals surface area contributed by atoms with Gasteiger partial charge in [-0.2, -0.15) is 23.4 Å². The molecule has 5 aromatic rings. The molecule has 0 fully saturated rings. The molecule has 2 N–H and O–H groups in total. The number of aromatic nitrogens is 4. The summed E-state index contributed by atoms with van der Waals surface area (Å²) < 4.78 is 64.7. The molecule has 0 radical (unpaired) electrons. The zero-order chi connectivity index (χ0) is 44.1. The van der Waals surface area contributed by atoms with E-state index >= 15 is 0 Å². The first kappa shape index (κ1) is 48.3. The summed E-state index contributed by atoms with van der Waals surface area (Å²) in [5.74, 6) is 1.54. The van der Waals surface area contributed by atoms with Gasteiger partial charge in [-0.05, 0) is 60.5 Å². The molecule has 63 heavy (non-hydrogen) atoms. The van der Waals surface area contributed by atoms with Crippen molar-refractivity contribution in [1.82, 2.24) is 19.9 Å². The molecule has 17 heteroatoms. The highest BCUT2D eigenvalue weighted by molar-refractivity contribution is 7.85. The Hall–Kier alpha value is -4.16. The van der Waals surface area contributed by atoms with Crippen LogP contribution >= 0.6 is 22.9 Å². The molecule has 0 aliphatic carbocycles. The normalized spacial score (nSPS) is 14.3. The van der Waals surface area contributed by atoms with E-state index in [2.05, 4.69) is 22.2 Å². The van der Waals surface area contributed by atoms with Crippen molar-refractivity contribution in [2.24, 2.45) is 0 Å². The van der Waals surface area contributed by atoms with Crippen molar-refractivity contribution in [1.29, 1.82) is 0 Å². The van der Waals surface area contributed by atoms with Crippen LogP contribution in [0.3, 0.4) is 0 Å². The van der Waals surface area contributed by atoms with Crippen LogP contribution in [-0.2, 0) is 24.3 Å². The van der Waals surface area contributed by atoms with Gasteiger partial charge in [-0.15, -0.1) is 11.3 Å². The number of halogens is 1. The van der Waals surface area contributed by atoms with Crippen LogP contribution in [0.2, 0.25) is 5.28 Å². The van der Waals surface area contributed by atoms with Gasteiger partial charge in [0.1, 0.15) is 18.2 Å². The second kappa shape index (κ2) is 26.0. The lowest BCUT2D eigenvalue weighted by Crippen LogP contribution is -2.22. The van der Waals surface area contributed by atoms with Gasteiger partial charge in [-0.1, -0.05) is 103 Å². The minimum absolute atomic E-state index is 0.0422. The maximum atomic E-state index is 12.3. The van der Waals surface area contributed by atoms with Gasteiger partial charge in [0, 0.05) is 23.9 Å². The lowest BCUT2D eigenvalue weighted by Gasteiger charge is -2.25. The number of para-hydroxylation sites is 1. The van der Waals surface area contributed by atoms with E-state index in [4.69, 9.17) is 45.3 Å². The lowest BCUT2D eigenvalue weighted by molar-refractivity contribution is 0.00708. The number of nitrogens with one attached hydrogen (secondary N) is 1. The van der Waals surface area contributed by atoms with E-state index in [1.807, 2.05) is 47.4 Å². The topological polar surface area (TPSA) is 167 Å². The molecule has 0 amide bonds. The fraction of sp³-hybridized carbons (Fsp3) is 0.522. The van der Waals surface area contributed by atoms with Crippen molar-refractivity contribution in [3.8, 4) is 22.1 Å². The van der Waals surface area contributed by atoms with Crippen molar-refractivity contribution >= 4 is 66.5 Å². The van der Waals surface area contributed by atoms with Gasteiger partial charge in [0.15, 0.2) is 11.5 Å². The summed E-state index contributed by atoms with van der Waals surface area (Å²) in [6, 6.07) is 17.6. The van der Waals surface area contributed by atoms with E-state index in [0.29, 0.717) is 93.1 Å². The minimum atomic E-state index is -4.51. The van der Waals surface area contributed by atoms with Crippen molar-refractivity contribution in [3.63, 3.8) is 0 Å². The zero-order valence-electron chi connectivity index (χ0n) is 36.3. The molecule has 1 aliphatic heterocycles. The number of hydrogen-bond acceptors (Lipinski definition) is 14. The average molecular weight is 926 g/mol. The van der Waals surface area contributed by atoms with E-state index in [9.17, 15) is 13.0 Å². The molecule has 0 spiro atoms. The van der Waals surface area contributed by atoms with Gasteiger partial charge < -0.3 is 33.9 Å². The molecular weight excluding hydrogens is 864 g/mol. The van der Waals surface area contributed by atoms with Crippen LogP contribution in [0.1, 0.15) is 96.8 Å². The van der Waals surface area contributed by atoms with Crippen molar-refractivity contribution in [3.05, 3.63) is 65.9 Å². The Bertz CT molecular complexity index is 2230. The molecule has 2 aromatic heterocycles. The van der Waals surface area contributed by atoms with Gasteiger partial charge in [0.2, 0.25) is 17.2 Å². The van der Waals surface area contributed by atoms with Crippen LogP contribution in [0.5, 0.6) is 11.5 Å². The SMILES string of the molecule is CCCCCCCCCCCCCCCCN(c1ccc2c(c1)OCCOCCOCCOCCO2)c1nc(Cl)nc(Nc2ccc(S(=O)(=O)O)cc2-c2nc3ccccc3s2)n1. The molecule has 6 rings (SSSR count). The number of ether oxygens (including phenoxy) is 5. The van der Waals surface area contributed by atoms with Gasteiger partial charge in [-0.25, -0.2) is 4.98 Å². The highest BCUT2D eigenvalue weighted by Gasteiger charge is 2.21. The Labute approximate surface area is 380 Å². The van der Waals surface area contributed by atoms with Gasteiger partial charge in [0.25, 0.3) is 10.1 Å². The van der Waals surface area contributed by atoms with Crippen molar-refractivity contribution in [2.45, 2.75) is 102 Å². The Balaban J connectivity index is 1.21. The largest absolute Gasteiger partial charge is 0.487 e. The van der Waals surface area contributed by atoms with Crippen LogP contribution in [0.15, 0.2) is 65.6 Å². The maximum absolute atomic E-state index is 12.3. The van der Waals surface area contributed by atoms with Crippen LogP contribution in [-0.4, -0.2) is 92.3 Å². The van der Waals surface area contributed by atoms with Gasteiger partial charge in [0.05, 0.1) is 60.4 Å². The number of nitrogens with zero attached hydrogens (tertiary/aromatic N) is 5. The third kappa shape index (κ3) is 15.8. The van der Waals surface area contributed by atoms with E-state index in [1.54, 1.807) is 6.07 Å². The molecule has 14 nitrogen and oxygen atoms in total. The fourth-order valence-electron chi connectivity index (χ4n) is 7.26. The Morgan fingerprint density at radius 1 is 0.683 bits per heavy atom. The number of unbranched alkanes of at least 4 members (excludes halogenated alkanes) is 13. The lowest BCUT2D eigenvalue weighted by atomic mass is 10.0. The molecule has 3 heterocycles. The summed E-state index contributed by atoms with van der Waals surface area (Å²) in [6.07, 6.45) is 17.4. The standard InChI is InChI=1S/C46H61ClN6O8S2/c1-2-3-4-5-6-7-8-9-10-11-12-13-14-17-24-53(35-20-23-40-41(33-35)61-32-30-59-28-26-57-25-27-58-29-31-60-40)46-51-44(47)50-45(52-46)49-38-22-21-36(63(54,55)56)34-37(38)43-48-39-18-15-16-19-42(39)62-43/h15-16,18-23,33-34H,2-14,17,24-32H2,1H3,(H,54,55,56)(H,49,50,51,52). The first-order valence-corrected chi connectivity index (χ1v) is 25.0. The fourth-order valence-corrected chi connectivity index (χ4v) is 8.92. The van der Waals surface area contributed by atoms with Crippen LogP contribution < -0.4 is 19.7 Å². The Morgan fingerprint density at radius 2 is 1.29 bits per heavy atom. The minimum Gasteiger partial charge on any atom is -0.487 e. The monoisotopic (exact) mass is 924 g/mol. The summed E-state index contributed by atoms with van der Waals surface area (Å²) in [7, 11) is -4.51. The third-order valence-electron chi connectivity index (χ3n) is 10.6. The highest BCUT2D eigenvalue weighted by Crippen LogP contribution is 2.38. The number of rotatable bonds is 21. The Morgan fingerprint density at radius 3 is 1.92 bits per heavy atom. The second-order valence-electron chi connectivity index (χ2n) is 15.4. The highest BCUT2D eigenvalue weighted by atomic mass is 35.5. The summed E-state index contributed by atoms with van der Waals surface area (Å²) in [6.45, 7) is 6.10. The number of anilines is 4. The van der Waals surface area contributed by atoms with Gasteiger partial charge in [-0.3, -0.25) is 4.55 Å². The van der Waals surface area contributed by atoms with Crippen LogP contribution in [0, 0.1) is 0 Å². The quantitative estimate of drug-likeness (QED) is 0.0527. The van der Waals surface area contributed by atoms with E-state index < -0.39 is 10.1 Å². The molecule has 3 aromatic carbocycles. The van der Waals surface area contributed by atoms with Crippen LogP contribution in [0.4, 0.5) is 23.3 Å². The molecule has 0 bridgehead atoms. The molecule has 0 atom stereocenters. The van der Waals surface area contributed by atoms with E-state index in [1.165, 1.54) is 94.1 Å². The summed E-state index contributed by atoms with van der Waals surface area (Å²) >= 11 is 8.05. The molecule has 342 valence electrons. The van der Waals surface area contributed by atoms with E-state index in [-0.39, 0.29) is 16.1 Å². The van der Waals surface area contributed by atoms with Crippen molar-refractivity contribution < 1.29 is 36.7 Å². The first-order chi connectivity index (χ1) is 30.8. The second-order valence-corrected chi connectivity index (χ2v) is 18.2. The zero-order valence-corrected chi connectivity index (χ0v) is 38.7. The van der Waals surface area contributed by atoms with E-state index in [0.717, 1.165) is 35.2 Å². The molecule has 0 saturated carbocycles. The number of thiazole rings is 1. The number of benzene rings is 3. The predicted octanol–water partition coefficient (Wildman–Crippen LogP) is 11.2. The summed E-state index contributed by atoms with van der Waals surface area (Å²) in [4.78, 5) is 20.4. The van der Waals surface area contributed by atoms with Gasteiger partial charge >= 0.3 is 0 Å². The summed E-state index contributed by atoms with van der Waals surface area (Å²) in [5.41, 5.74) is 2.41. The molecule has 1 aliphatic rings. The smallest absolute Gasteiger partial charge is 0.294 e. The van der Waals surface area contributed by atoms with Crippen molar-refractivity contribution in [2.75, 3.05) is 69.6 Å².